The van der Waals surface area contributed by atoms with Crippen LogP contribution in [-0.4, -0.2) is 17.9 Å². The summed E-state index contributed by atoms with van der Waals surface area (Å²) in [6, 6.07) is 7.91. The van der Waals surface area contributed by atoms with Crippen LogP contribution in [-0.2, 0) is 4.79 Å². The Hall–Kier alpha value is -2.63. The van der Waals surface area contributed by atoms with Crippen molar-refractivity contribution in [1.82, 2.24) is 5.32 Å². The van der Waals surface area contributed by atoms with Crippen LogP contribution in [0.5, 0.6) is 0 Å². The molecule has 0 bridgehead atoms. The summed E-state index contributed by atoms with van der Waals surface area (Å²) in [5.74, 6) is -1.35. The van der Waals surface area contributed by atoms with E-state index in [1.165, 1.54) is 30.5 Å². The fourth-order valence-corrected chi connectivity index (χ4v) is 1.94. The van der Waals surface area contributed by atoms with Crippen molar-refractivity contribution in [3.05, 3.63) is 54.2 Å². The van der Waals surface area contributed by atoms with Crippen molar-refractivity contribution in [2.75, 3.05) is 5.32 Å². The number of hydrogen-bond acceptors (Lipinski definition) is 3. The average molecular weight is 304 g/mol. The Labute approximate surface area is 127 Å². The number of carbonyl (C=O) groups excluding carboxylic acids is 2. The molecule has 1 heterocycles. The van der Waals surface area contributed by atoms with E-state index in [0.29, 0.717) is 5.69 Å². The molecular formula is C16H17FN2O3. The summed E-state index contributed by atoms with van der Waals surface area (Å²) < 4.78 is 18.1. The highest BCUT2D eigenvalue weighted by molar-refractivity contribution is 6.00. The molecule has 1 aromatic heterocycles. The van der Waals surface area contributed by atoms with Gasteiger partial charge in [-0.15, -0.1) is 0 Å². The first kappa shape index (κ1) is 15.8. The SMILES string of the molecule is CC(C)C(NC(=O)c1ccco1)C(=O)Nc1cccc(F)c1. The third-order valence-electron chi connectivity index (χ3n) is 3.07. The van der Waals surface area contributed by atoms with Crippen LogP contribution >= 0.6 is 0 Å². The molecule has 22 heavy (non-hydrogen) atoms. The zero-order chi connectivity index (χ0) is 16.1. The van der Waals surface area contributed by atoms with Crippen LogP contribution in [0.15, 0.2) is 47.1 Å². The second kappa shape index (κ2) is 6.89. The third kappa shape index (κ3) is 3.94. The maximum Gasteiger partial charge on any atom is 0.287 e. The molecule has 6 heteroatoms. The number of benzene rings is 1. The molecule has 0 aliphatic rings. The summed E-state index contributed by atoms with van der Waals surface area (Å²) in [5, 5.41) is 5.21. The van der Waals surface area contributed by atoms with Crippen LogP contribution in [0.1, 0.15) is 24.4 Å². The van der Waals surface area contributed by atoms with Crippen LogP contribution in [0.4, 0.5) is 10.1 Å². The van der Waals surface area contributed by atoms with Crippen molar-refractivity contribution in [3.8, 4) is 0 Å². The molecule has 2 amide bonds. The first-order chi connectivity index (χ1) is 10.5. The van der Waals surface area contributed by atoms with Crippen molar-refractivity contribution in [2.45, 2.75) is 19.9 Å². The molecule has 0 aliphatic carbocycles. The molecule has 2 N–H and O–H groups in total. The standard InChI is InChI=1S/C16H17FN2O3/c1-10(2)14(19-15(20)13-7-4-8-22-13)16(21)18-12-6-3-5-11(17)9-12/h3-10,14H,1-2H3,(H,18,21)(H,19,20). The molecule has 0 saturated carbocycles. The molecule has 116 valence electrons. The van der Waals surface area contributed by atoms with Crippen LogP contribution < -0.4 is 10.6 Å². The van der Waals surface area contributed by atoms with E-state index in [4.69, 9.17) is 4.42 Å². The second-order valence-electron chi connectivity index (χ2n) is 5.17. The quantitative estimate of drug-likeness (QED) is 0.892. The number of amides is 2. The predicted octanol–water partition coefficient (Wildman–Crippen LogP) is 2.81. The van der Waals surface area contributed by atoms with Crippen LogP contribution in [0.25, 0.3) is 0 Å². The summed E-state index contributed by atoms with van der Waals surface area (Å²) in [6.45, 7) is 3.61. The highest BCUT2D eigenvalue weighted by Gasteiger charge is 2.25. The molecule has 2 aromatic rings. The number of anilines is 1. The van der Waals surface area contributed by atoms with Gasteiger partial charge in [-0.2, -0.15) is 0 Å². The van der Waals surface area contributed by atoms with Crippen LogP contribution in [0, 0.1) is 11.7 Å². The summed E-state index contributed by atoms with van der Waals surface area (Å²) in [6.07, 6.45) is 1.38. The van der Waals surface area contributed by atoms with E-state index >= 15 is 0 Å². The van der Waals surface area contributed by atoms with Gasteiger partial charge in [0.1, 0.15) is 11.9 Å². The molecule has 1 unspecified atom stereocenters. The van der Waals surface area contributed by atoms with E-state index in [0.717, 1.165) is 0 Å². The van der Waals surface area contributed by atoms with Crippen molar-refractivity contribution < 1.29 is 18.4 Å². The number of nitrogens with one attached hydrogen (secondary N) is 2. The van der Waals surface area contributed by atoms with Crippen molar-refractivity contribution in [3.63, 3.8) is 0 Å². The number of furan rings is 1. The molecule has 1 atom stereocenters. The molecular weight excluding hydrogens is 287 g/mol. The Balaban J connectivity index is 2.07. The number of halogens is 1. The largest absolute Gasteiger partial charge is 0.459 e. The fraction of sp³-hybridized carbons (Fsp3) is 0.250. The normalized spacial score (nSPS) is 12.0. The molecule has 0 fully saturated rings. The lowest BCUT2D eigenvalue weighted by Gasteiger charge is -2.21. The van der Waals surface area contributed by atoms with E-state index in [9.17, 15) is 14.0 Å². The minimum Gasteiger partial charge on any atom is -0.459 e. The van der Waals surface area contributed by atoms with Gasteiger partial charge in [-0.25, -0.2) is 4.39 Å². The van der Waals surface area contributed by atoms with Crippen molar-refractivity contribution in [1.29, 1.82) is 0 Å². The minimum atomic E-state index is -0.763. The van der Waals surface area contributed by atoms with Crippen LogP contribution in [0.3, 0.4) is 0 Å². The Morgan fingerprint density at radius 3 is 2.55 bits per heavy atom. The van der Waals surface area contributed by atoms with E-state index in [1.54, 1.807) is 26.0 Å². The first-order valence-corrected chi connectivity index (χ1v) is 6.88. The number of carbonyl (C=O) groups is 2. The highest BCUT2D eigenvalue weighted by Crippen LogP contribution is 2.12. The van der Waals surface area contributed by atoms with Crippen LogP contribution in [0.2, 0.25) is 0 Å². The van der Waals surface area contributed by atoms with Gasteiger partial charge in [0.2, 0.25) is 5.91 Å². The Morgan fingerprint density at radius 2 is 1.95 bits per heavy atom. The van der Waals surface area contributed by atoms with Crippen molar-refractivity contribution in [2.24, 2.45) is 5.92 Å². The monoisotopic (exact) mass is 304 g/mol. The maximum atomic E-state index is 13.1. The van der Waals surface area contributed by atoms with Gasteiger partial charge in [-0.1, -0.05) is 19.9 Å². The first-order valence-electron chi connectivity index (χ1n) is 6.88. The van der Waals surface area contributed by atoms with Gasteiger partial charge in [-0.3, -0.25) is 9.59 Å². The van der Waals surface area contributed by atoms with Gasteiger partial charge in [0, 0.05) is 5.69 Å². The van der Waals surface area contributed by atoms with Gasteiger partial charge in [-0.05, 0) is 36.2 Å². The Bertz CT molecular complexity index is 653. The molecule has 0 radical (unpaired) electrons. The van der Waals surface area contributed by atoms with E-state index in [2.05, 4.69) is 10.6 Å². The lowest BCUT2D eigenvalue weighted by Crippen LogP contribution is -2.47. The average Bonchev–Trinajstić information content (AvgIpc) is 2.98. The van der Waals surface area contributed by atoms with Gasteiger partial charge < -0.3 is 15.1 Å². The zero-order valence-corrected chi connectivity index (χ0v) is 12.3. The number of rotatable bonds is 5. The molecule has 2 rings (SSSR count). The molecule has 1 aromatic carbocycles. The summed E-state index contributed by atoms with van der Waals surface area (Å²) in [5.41, 5.74) is 0.336. The Kier molecular flexibility index (Phi) is 4.93. The lowest BCUT2D eigenvalue weighted by atomic mass is 10.0. The maximum absolute atomic E-state index is 13.1. The molecule has 5 nitrogen and oxygen atoms in total. The van der Waals surface area contributed by atoms with Gasteiger partial charge in [0.05, 0.1) is 6.26 Å². The Morgan fingerprint density at radius 1 is 1.18 bits per heavy atom. The van der Waals surface area contributed by atoms with E-state index in [-0.39, 0.29) is 11.7 Å². The highest BCUT2D eigenvalue weighted by atomic mass is 19.1. The molecule has 0 spiro atoms. The van der Waals surface area contributed by atoms with Gasteiger partial charge >= 0.3 is 0 Å². The lowest BCUT2D eigenvalue weighted by molar-refractivity contribution is -0.118. The van der Waals surface area contributed by atoms with E-state index < -0.39 is 23.7 Å². The fourth-order valence-electron chi connectivity index (χ4n) is 1.94. The van der Waals surface area contributed by atoms with Gasteiger partial charge in [0.25, 0.3) is 5.91 Å². The molecule has 0 saturated heterocycles. The summed E-state index contributed by atoms with van der Waals surface area (Å²) >= 11 is 0. The topological polar surface area (TPSA) is 71.3 Å². The summed E-state index contributed by atoms with van der Waals surface area (Å²) in [7, 11) is 0. The number of hydrogen-bond donors (Lipinski definition) is 2. The second-order valence-corrected chi connectivity index (χ2v) is 5.17. The molecule has 0 aliphatic heterocycles. The van der Waals surface area contributed by atoms with Gasteiger partial charge in [0.15, 0.2) is 5.76 Å². The third-order valence-corrected chi connectivity index (χ3v) is 3.07. The van der Waals surface area contributed by atoms with E-state index in [1.807, 2.05) is 0 Å². The van der Waals surface area contributed by atoms with Crippen molar-refractivity contribution >= 4 is 17.5 Å². The minimum absolute atomic E-state index is 0.129. The zero-order valence-electron chi connectivity index (χ0n) is 12.3. The summed E-state index contributed by atoms with van der Waals surface area (Å²) in [4.78, 5) is 24.3. The predicted molar refractivity (Wildman–Crippen MR) is 79.8 cm³/mol. The smallest absolute Gasteiger partial charge is 0.287 e.